The molecule has 0 spiro atoms. The maximum absolute atomic E-state index is 12.5. The average molecular weight is 296 g/mol. The molecule has 1 amide bonds. The summed E-state index contributed by atoms with van der Waals surface area (Å²) in [5.41, 5.74) is 1.37. The predicted molar refractivity (Wildman–Crippen MR) is 72.9 cm³/mol. The number of amides is 1. The maximum atomic E-state index is 12.5. The molecule has 20 heavy (non-hydrogen) atoms. The molecular weight excluding hydrogens is 280 g/mol. The summed E-state index contributed by atoms with van der Waals surface area (Å²) in [6, 6.07) is 4.67. The van der Waals surface area contributed by atoms with Gasteiger partial charge in [-0.1, -0.05) is 0 Å². The van der Waals surface area contributed by atoms with Crippen LogP contribution in [0.15, 0.2) is 23.1 Å². The van der Waals surface area contributed by atoms with Gasteiger partial charge in [-0.05, 0) is 37.1 Å². The summed E-state index contributed by atoms with van der Waals surface area (Å²) in [6.07, 6.45) is -0.137. The van der Waals surface area contributed by atoms with E-state index < -0.39 is 16.1 Å². The van der Waals surface area contributed by atoms with Gasteiger partial charge in [0.1, 0.15) is 0 Å². The van der Waals surface area contributed by atoms with Crippen LogP contribution in [0.5, 0.6) is 0 Å². The lowest BCUT2D eigenvalue weighted by Crippen LogP contribution is -2.29. The molecule has 0 bridgehead atoms. The molecule has 7 heteroatoms. The number of carbonyl (C=O) groups excluding carboxylic acids is 1. The summed E-state index contributed by atoms with van der Waals surface area (Å²) >= 11 is 0. The van der Waals surface area contributed by atoms with Crippen LogP contribution in [0.3, 0.4) is 0 Å². The van der Waals surface area contributed by atoms with E-state index >= 15 is 0 Å². The van der Waals surface area contributed by atoms with Crippen LogP contribution in [0.1, 0.15) is 24.8 Å². The first-order chi connectivity index (χ1) is 9.39. The van der Waals surface area contributed by atoms with Gasteiger partial charge in [-0.2, -0.15) is 4.31 Å². The number of nitrogens with zero attached hydrogens (tertiary/aromatic N) is 1. The number of sulfonamides is 1. The molecule has 0 aromatic heterocycles. The summed E-state index contributed by atoms with van der Waals surface area (Å²) in [5.74, 6) is -0.463. The minimum Gasteiger partial charge on any atom is -0.392 e. The van der Waals surface area contributed by atoms with Gasteiger partial charge in [-0.15, -0.1) is 0 Å². The third-order valence-corrected chi connectivity index (χ3v) is 5.77. The lowest BCUT2D eigenvalue weighted by Gasteiger charge is -2.16. The van der Waals surface area contributed by atoms with E-state index in [-0.39, 0.29) is 23.3 Å². The van der Waals surface area contributed by atoms with Gasteiger partial charge in [0.05, 0.1) is 16.9 Å². The van der Waals surface area contributed by atoms with Crippen LogP contribution in [0, 0.1) is 0 Å². The number of benzene rings is 1. The van der Waals surface area contributed by atoms with Crippen molar-refractivity contribution in [3.8, 4) is 0 Å². The fourth-order valence-electron chi connectivity index (χ4n) is 2.63. The van der Waals surface area contributed by atoms with E-state index in [1.54, 1.807) is 19.1 Å². The lowest BCUT2D eigenvalue weighted by atomic mass is 10.0. The highest BCUT2D eigenvalue weighted by molar-refractivity contribution is 7.89. The van der Waals surface area contributed by atoms with E-state index in [0.29, 0.717) is 24.2 Å². The van der Waals surface area contributed by atoms with E-state index in [9.17, 15) is 18.3 Å². The van der Waals surface area contributed by atoms with Crippen molar-refractivity contribution in [1.82, 2.24) is 4.31 Å². The fourth-order valence-corrected chi connectivity index (χ4v) is 4.16. The second-order valence-corrected chi connectivity index (χ2v) is 7.20. The number of hydrogen-bond acceptors (Lipinski definition) is 4. The Balaban J connectivity index is 1.98. The third-order valence-electron chi connectivity index (χ3n) is 3.90. The second kappa shape index (κ2) is 4.54. The Hall–Kier alpha value is -1.44. The van der Waals surface area contributed by atoms with Crippen LogP contribution < -0.4 is 5.32 Å². The van der Waals surface area contributed by atoms with Crippen molar-refractivity contribution in [2.75, 3.05) is 18.4 Å². The van der Waals surface area contributed by atoms with E-state index in [1.807, 2.05) is 0 Å². The normalized spacial score (nSPS) is 26.6. The maximum Gasteiger partial charge on any atom is 0.243 e. The molecule has 108 valence electrons. The summed E-state index contributed by atoms with van der Waals surface area (Å²) in [7, 11) is -3.60. The molecule has 1 saturated heterocycles. The molecule has 0 saturated carbocycles. The Morgan fingerprint density at radius 1 is 1.40 bits per heavy atom. The molecule has 3 rings (SSSR count). The van der Waals surface area contributed by atoms with E-state index in [0.717, 1.165) is 0 Å². The zero-order valence-electron chi connectivity index (χ0n) is 11.0. The highest BCUT2D eigenvalue weighted by Gasteiger charge is 2.34. The number of hydrogen-bond donors (Lipinski definition) is 2. The van der Waals surface area contributed by atoms with Crippen molar-refractivity contribution < 1.29 is 18.3 Å². The number of fused-ring (bicyclic) bond motifs is 1. The number of β-amino-alcohol motifs (C(OH)–C–C–N with tert-alkyl or cyclic N) is 1. The number of rotatable bonds is 2. The predicted octanol–water partition coefficient (Wildman–Crippen LogP) is 0.497. The first kappa shape index (κ1) is 13.5. The Morgan fingerprint density at radius 2 is 2.15 bits per heavy atom. The molecule has 1 unspecified atom stereocenters. The van der Waals surface area contributed by atoms with Crippen molar-refractivity contribution >= 4 is 21.6 Å². The fraction of sp³-hybridized carbons (Fsp3) is 0.462. The molecule has 0 aliphatic carbocycles. The second-order valence-electron chi connectivity index (χ2n) is 5.27. The quantitative estimate of drug-likeness (QED) is 0.832. The minimum absolute atomic E-state index is 0.119. The summed E-state index contributed by atoms with van der Waals surface area (Å²) in [6.45, 7) is 2.21. The Morgan fingerprint density at radius 3 is 2.80 bits per heavy atom. The van der Waals surface area contributed by atoms with Crippen LogP contribution in [0.2, 0.25) is 0 Å². The van der Waals surface area contributed by atoms with Gasteiger partial charge in [0.15, 0.2) is 0 Å². The van der Waals surface area contributed by atoms with Crippen molar-refractivity contribution in [1.29, 1.82) is 0 Å². The summed E-state index contributed by atoms with van der Waals surface area (Å²) in [4.78, 5) is 11.8. The molecule has 1 aromatic carbocycles. The van der Waals surface area contributed by atoms with Crippen molar-refractivity contribution in [3.05, 3.63) is 23.8 Å². The molecule has 2 aliphatic heterocycles. The average Bonchev–Trinajstić information content (AvgIpc) is 2.95. The smallest absolute Gasteiger partial charge is 0.243 e. The number of anilines is 1. The van der Waals surface area contributed by atoms with Gasteiger partial charge < -0.3 is 10.4 Å². The minimum atomic E-state index is -3.60. The number of carbonyl (C=O) groups is 1. The van der Waals surface area contributed by atoms with E-state index in [4.69, 9.17) is 0 Å². The summed E-state index contributed by atoms with van der Waals surface area (Å²) < 4.78 is 26.2. The first-order valence-electron chi connectivity index (χ1n) is 6.52. The SMILES string of the molecule is CC1C(=O)Nc2ccc(S(=O)(=O)N3CC[C@@H](O)C3)cc21. The van der Waals surface area contributed by atoms with Crippen molar-refractivity contribution in [2.24, 2.45) is 0 Å². The number of aliphatic hydroxyl groups is 1. The van der Waals surface area contributed by atoms with Crippen molar-refractivity contribution in [3.63, 3.8) is 0 Å². The first-order valence-corrected chi connectivity index (χ1v) is 7.96. The molecule has 2 heterocycles. The van der Waals surface area contributed by atoms with Crippen LogP contribution in [-0.4, -0.2) is 42.9 Å². The van der Waals surface area contributed by atoms with Gasteiger partial charge in [-0.3, -0.25) is 4.79 Å². The molecule has 1 aromatic rings. The van der Waals surface area contributed by atoms with Gasteiger partial charge in [-0.25, -0.2) is 8.42 Å². The standard InChI is InChI=1S/C13H16N2O4S/c1-8-11-6-10(2-3-12(11)14-13(8)17)20(18,19)15-5-4-9(16)7-15/h2-3,6,8-9,16H,4-5,7H2,1H3,(H,14,17)/t8?,9-/m1/s1. The van der Waals surface area contributed by atoms with Crippen LogP contribution >= 0.6 is 0 Å². The van der Waals surface area contributed by atoms with E-state index in [2.05, 4.69) is 5.32 Å². The van der Waals surface area contributed by atoms with Crippen LogP contribution in [0.4, 0.5) is 5.69 Å². The Labute approximate surface area is 117 Å². The Kier molecular flexibility index (Phi) is 3.07. The summed E-state index contributed by atoms with van der Waals surface area (Å²) in [5, 5.41) is 12.2. The highest BCUT2D eigenvalue weighted by Crippen LogP contribution is 2.34. The van der Waals surface area contributed by atoms with Crippen LogP contribution in [0.25, 0.3) is 0 Å². The molecule has 6 nitrogen and oxygen atoms in total. The van der Waals surface area contributed by atoms with E-state index in [1.165, 1.54) is 10.4 Å². The lowest BCUT2D eigenvalue weighted by molar-refractivity contribution is -0.116. The number of aliphatic hydroxyl groups excluding tert-OH is 1. The van der Waals surface area contributed by atoms with Gasteiger partial charge in [0, 0.05) is 18.8 Å². The monoisotopic (exact) mass is 296 g/mol. The number of nitrogens with one attached hydrogen (secondary N) is 1. The zero-order valence-corrected chi connectivity index (χ0v) is 11.9. The van der Waals surface area contributed by atoms with Crippen LogP contribution in [-0.2, 0) is 14.8 Å². The molecule has 2 aliphatic rings. The van der Waals surface area contributed by atoms with Gasteiger partial charge in [0.2, 0.25) is 15.9 Å². The van der Waals surface area contributed by atoms with Gasteiger partial charge >= 0.3 is 0 Å². The molecule has 2 N–H and O–H groups in total. The molecule has 0 radical (unpaired) electrons. The Bertz CT molecular complexity index is 671. The molecule has 1 fully saturated rings. The van der Waals surface area contributed by atoms with Crippen molar-refractivity contribution in [2.45, 2.75) is 30.3 Å². The molecule has 2 atom stereocenters. The topological polar surface area (TPSA) is 86.7 Å². The largest absolute Gasteiger partial charge is 0.392 e. The zero-order chi connectivity index (χ0) is 14.5. The van der Waals surface area contributed by atoms with Gasteiger partial charge in [0.25, 0.3) is 0 Å². The third kappa shape index (κ3) is 2.02. The highest BCUT2D eigenvalue weighted by atomic mass is 32.2. The molecular formula is C13H16N2O4S.